The molecule has 7 heteroatoms. The van der Waals surface area contributed by atoms with Crippen molar-refractivity contribution in [2.45, 2.75) is 25.9 Å². The summed E-state index contributed by atoms with van der Waals surface area (Å²) >= 11 is 7.64. The Morgan fingerprint density at radius 2 is 2.08 bits per heavy atom. The molecule has 2 aliphatic rings. The lowest BCUT2D eigenvalue weighted by Gasteiger charge is -2.37. The molecule has 5 nitrogen and oxygen atoms in total. The van der Waals surface area contributed by atoms with E-state index < -0.39 is 0 Å². The summed E-state index contributed by atoms with van der Waals surface area (Å²) in [4.78, 5) is 22.9. The monoisotopic (exact) mass is 364 g/mol. The molecule has 0 aliphatic carbocycles. The summed E-state index contributed by atoms with van der Waals surface area (Å²) in [5.41, 5.74) is 0. The summed E-state index contributed by atoms with van der Waals surface area (Å²) in [7, 11) is 0. The van der Waals surface area contributed by atoms with Crippen LogP contribution in [0.1, 0.15) is 17.1 Å². The predicted octanol–water partition coefficient (Wildman–Crippen LogP) is 2.50. The minimum absolute atomic E-state index is 0.0996. The summed E-state index contributed by atoms with van der Waals surface area (Å²) in [6, 6.07) is 4.04. The van der Waals surface area contributed by atoms with Crippen LogP contribution in [-0.4, -0.2) is 51.4 Å². The molecule has 0 spiro atoms. The van der Waals surface area contributed by atoms with Gasteiger partial charge in [0, 0.05) is 68.9 Å². The van der Waals surface area contributed by atoms with Gasteiger partial charge in [0.15, 0.2) is 0 Å². The molecule has 4 rings (SSSR count). The van der Waals surface area contributed by atoms with Gasteiger partial charge in [-0.3, -0.25) is 9.69 Å². The van der Waals surface area contributed by atoms with Crippen LogP contribution < -0.4 is 0 Å². The first-order chi connectivity index (χ1) is 11.7. The Labute approximate surface area is 150 Å². The molecule has 24 heavy (non-hydrogen) atoms. The van der Waals surface area contributed by atoms with Gasteiger partial charge in [-0.1, -0.05) is 11.6 Å². The van der Waals surface area contributed by atoms with E-state index in [1.165, 1.54) is 4.88 Å². The zero-order chi connectivity index (χ0) is 16.5. The molecule has 4 heterocycles. The summed E-state index contributed by atoms with van der Waals surface area (Å²) in [6.07, 6.45) is 5.54. The van der Waals surface area contributed by atoms with Crippen LogP contribution in [0.25, 0.3) is 0 Å². The van der Waals surface area contributed by atoms with Crippen LogP contribution in [0.3, 0.4) is 0 Å². The number of piperazine rings is 1. The van der Waals surface area contributed by atoms with Crippen molar-refractivity contribution in [2.75, 3.05) is 26.2 Å². The van der Waals surface area contributed by atoms with Crippen molar-refractivity contribution in [3.63, 3.8) is 0 Å². The minimum Gasteiger partial charge on any atom is -0.340 e. The molecule has 0 aromatic carbocycles. The third-order valence-electron chi connectivity index (χ3n) is 4.99. The van der Waals surface area contributed by atoms with Crippen LogP contribution in [0.2, 0.25) is 4.34 Å². The average molecular weight is 365 g/mol. The largest absolute Gasteiger partial charge is 0.340 e. The minimum atomic E-state index is 0.0996. The molecule has 0 radical (unpaired) electrons. The number of nitrogens with zero attached hydrogens (tertiary/aromatic N) is 4. The molecule has 0 bridgehead atoms. The molecule has 2 aromatic rings. The first-order valence-electron chi connectivity index (χ1n) is 8.44. The van der Waals surface area contributed by atoms with Crippen LogP contribution in [-0.2, 0) is 24.3 Å². The normalized spacial score (nSPS) is 21.7. The van der Waals surface area contributed by atoms with Crippen molar-refractivity contribution in [1.82, 2.24) is 19.4 Å². The second-order valence-corrected chi connectivity index (χ2v) is 8.33. The molecule has 1 amide bonds. The molecule has 1 fully saturated rings. The fourth-order valence-corrected chi connectivity index (χ4v) is 4.73. The van der Waals surface area contributed by atoms with Crippen molar-refractivity contribution in [1.29, 1.82) is 0 Å². The van der Waals surface area contributed by atoms with Gasteiger partial charge in [0.25, 0.3) is 0 Å². The smallest absolute Gasteiger partial charge is 0.226 e. The number of halogens is 1. The van der Waals surface area contributed by atoms with E-state index in [0.717, 1.165) is 62.3 Å². The van der Waals surface area contributed by atoms with Crippen molar-refractivity contribution < 1.29 is 4.79 Å². The second-order valence-electron chi connectivity index (χ2n) is 6.53. The third kappa shape index (κ3) is 3.36. The van der Waals surface area contributed by atoms with Gasteiger partial charge < -0.3 is 9.47 Å². The van der Waals surface area contributed by atoms with Crippen molar-refractivity contribution in [3.05, 3.63) is 39.6 Å². The molecule has 1 atom stereocenters. The van der Waals surface area contributed by atoms with Gasteiger partial charge in [0.05, 0.1) is 4.34 Å². The highest BCUT2D eigenvalue weighted by Crippen LogP contribution is 2.24. The Bertz CT molecular complexity index is 720. The van der Waals surface area contributed by atoms with Gasteiger partial charge in [-0.25, -0.2) is 4.98 Å². The number of rotatable bonds is 3. The van der Waals surface area contributed by atoms with Crippen LogP contribution in [0, 0.1) is 5.92 Å². The quantitative estimate of drug-likeness (QED) is 0.840. The Balaban J connectivity index is 1.30. The highest BCUT2D eigenvalue weighted by Gasteiger charge is 2.30. The molecule has 128 valence electrons. The standard InChI is InChI=1S/C17H21ClN4OS/c18-15-2-1-14(24-15)12-20-7-9-22(10-8-20)17(23)13-3-5-21-6-4-19-16(21)11-13/h1-2,4,6,13H,3,5,7-12H2/t13-/m0/s1. The topological polar surface area (TPSA) is 41.4 Å². The number of carbonyl (C=O) groups excluding carboxylic acids is 1. The first-order valence-corrected chi connectivity index (χ1v) is 9.64. The number of aromatic nitrogens is 2. The predicted molar refractivity (Wildman–Crippen MR) is 95.2 cm³/mol. The maximum absolute atomic E-state index is 12.8. The summed E-state index contributed by atoms with van der Waals surface area (Å²) in [6.45, 7) is 5.35. The zero-order valence-electron chi connectivity index (χ0n) is 13.5. The van der Waals surface area contributed by atoms with E-state index in [2.05, 4.69) is 20.5 Å². The van der Waals surface area contributed by atoms with E-state index in [1.807, 2.05) is 23.4 Å². The van der Waals surface area contributed by atoms with Crippen LogP contribution in [0.4, 0.5) is 0 Å². The number of amides is 1. The highest BCUT2D eigenvalue weighted by molar-refractivity contribution is 7.16. The number of fused-ring (bicyclic) bond motifs is 1. The molecule has 0 N–H and O–H groups in total. The fourth-order valence-electron chi connectivity index (χ4n) is 3.60. The maximum atomic E-state index is 12.8. The van der Waals surface area contributed by atoms with Gasteiger partial charge in [0.1, 0.15) is 5.82 Å². The van der Waals surface area contributed by atoms with Gasteiger partial charge in [-0.05, 0) is 18.6 Å². The number of hydrogen-bond donors (Lipinski definition) is 0. The fraction of sp³-hybridized carbons (Fsp3) is 0.529. The number of thiophene rings is 1. The zero-order valence-corrected chi connectivity index (χ0v) is 15.1. The Hall–Kier alpha value is -1.37. The van der Waals surface area contributed by atoms with E-state index in [9.17, 15) is 4.79 Å². The number of aryl methyl sites for hydroxylation is 1. The number of imidazole rings is 1. The second kappa shape index (κ2) is 6.86. The van der Waals surface area contributed by atoms with Crippen LogP contribution in [0.5, 0.6) is 0 Å². The molecule has 0 unspecified atom stereocenters. The first kappa shape index (κ1) is 16.1. The molecule has 2 aliphatic heterocycles. The number of hydrogen-bond acceptors (Lipinski definition) is 4. The Kier molecular flexibility index (Phi) is 4.61. The van der Waals surface area contributed by atoms with E-state index in [0.29, 0.717) is 5.91 Å². The Morgan fingerprint density at radius 1 is 1.25 bits per heavy atom. The molecule has 1 saturated heterocycles. The number of carbonyl (C=O) groups is 1. The molecule has 0 saturated carbocycles. The average Bonchev–Trinajstić information content (AvgIpc) is 3.23. The van der Waals surface area contributed by atoms with E-state index >= 15 is 0 Å². The van der Waals surface area contributed by atoms with Crippen molar-refractivity contribution >= 4 is 28.8 Å². The van der Waals surface area contributed by atoms with Gasteiger partial charge in [-0.15, -0.1) is 11.3 Å². The van der Waals surface area contributed by atoms with E-state index in [1.54, 1.807) is 11.3 Å². The lowest BCUT2D eigenvalue weighted by molar-refractivity contribution is -0.138. The third-order valence-corrected chi connectivity index (χ3v) is 6.21. The van der Waals surface area contributed by atoms with Crippen LogP contribution in [0.15, 0.2) is 24.5 Å². The van der Waals surface area contributed by atoms with Crippen LogP contribution >= 0.6 is 22.9 Å². The van der Waals surface area contributed by atoms with Crippen molar-refractivity contribution in [2.24, 2.45) is 5.92 Å². The summed E-state index contributed by atoms with van der Waals surface area (Å²) < 4.78 is 3.00. The van der Waals surface area contributed by atoms with Crippen molar-refractivity contribution in [3.8, 4) is 0 Å². The van der Waals surface area contributed by atoms with Gasteiger partial charge in [-0.2, -0.15) is 0 Å². The van der Waals surface area contributed by atoms with Gasteiger partial charge >= 0.3 is 0 Å². The summed E-state index contributed by atoms with van der Waals surface area (Å²) in [5, 5.41) is 0. The Morgan fingerprint density at radius 3 is 2.83 bits per heavy atom. The lowest BCUT2D eigenvalue weighted by atomic mass is 9.96. The van der Waals surface area contributed by atoms with E-state index in [-0.39, 0.29) is 5.92 Å². The molecule has 2 aromatic heterocycles. The SMILES string of the molecule is O=C([C@H]1CCn2ccnc2C1)N1CCN(Cc2ccc(Cl)s2)CC1. The highest BCUT2D eigenvalue weighted by atomic mass is 35.5. The summed E-state index contributed by atoms with van der Waals surface area (Å²) in [5.74, 6) is 1.46. The molecular formula is C17H21ClN4OS. The van der Waals surface area contributed by atoms with Gasteiger partial charge in [0.2, 0.25) is 5.91 Å². The lowest BCUT2D eigenvalue weighted by Crippen LogP contribution is -2.50. The maximum Gasteiger partial charge on any atom is 0.226 e. The van der Waals surface area contributed by atoms with E-state index in [4.69, 9.17) is 11.6 Å². The molecular weight excluding hydrogens is 344 g/mol.